The van der Waals surface area contributed by atoms with Crippen molar-refractivity contribution in [2.24, 2.45) is 0 Å². The summed E-state index contributed by atoms with van der Waals surface area (Å²) in [7, 11) is 0. The standard InChI is InChI=1S/C8H10OS2/c9-7(3-1-5-10)8-4-2-6-11-8/h2,4,6,10H,1,3,5H2. The normalized spacial score (nSPS) is 9.91. The molecule has 0 fully saturated rings. The van der Waals surface area contributed by atoms with Crippen molar-refractivity contribution < 1.29 is 4.79 Å². The predicted molar refractivity (Wildman–Crippen MR) is 51.7 cm³/mol. The van der Waals surface area contributed by atoms with Gasteiger partial charge >= 0.3 is 0 Å². The van der Waals surface area contributed by atoms with E-state index in [9.17, 15) is 4.79 Å². The summed E-state index contributed by atoms with van der Waals surface area (Å²) in [6, 6.07) is 3.77. The quantitative estimate of drug-likeness (QED) is 0.565. The molecule has 11 heavy (non-hydrogen) atoms. The second-order valence-electron chi connectivity index (χ2n) is 2.23. The Labute approximate surface area is 75.8 Å². The van der Waals surface area contributed by atoms with Crippen molar-refractivity contribution in [3.63, 3.8) is 0 Å². The number of ketones is 1. The highest BCUT2D eigenvalue weighted by atomic mass is 32.1. The van der Waals surface area contributed by atoms with E-state index in [1.807, 2.05) is 17.5 Å². The Morgan fingerprint density at radius 2 is 2.45 bits per heavy atom. The first-order valence-electron chi connectivity index (χ1n) is 3.52. The molecule has 1 aromatic rings. The molecule has 0 aromatic carbocycles. The summed E-state index contributed by atoms with van der Waals surface area (Å²) in [6.45, 7) is 0. The molecule has 3 heteroatoms. The highest BCUT2D eigenvalue weighted by Crippen LogP contribution is 2.12. The second kappa shape index (κ2) is 4.57. The first kappa shape index (κ1) is 8.81. The number of thiophene rings is 1. The van der Waals surface area contributed by atoms with Crippen LogP contribution < -0.4 is 0 Å². The van der Waals surface area contributed by atoms with Crippen LogP contribution in [0.25, 0.3) is 0 Å². The Kier molecular flexibility index (Phi) is 3.66. The van der Waals surface area contributed by atoms with E-state index in [0.717, 1.165) is 17.1 Å². The zero-order chi connectivity index (χ0) is 8.10. The summed E-state index contributed by atoms with van der Waals surface area (Å²) in [6.07, 6.45) is 1.50. The molecule has 0 unspecified atom stereocenters. The molecular formula is C8H10OS2. The van der Waals surface area contributed by atoms with Gasteiger partial charge in [-0.15, -0.1) is 11.3 Å². The minimum absolute atomic E-state index is 0.244. The summed E-state index contributed by atoms with van der Waals surface area (Å²) in [4.78, 5) is 12.1. The SMILES string of the molecule is O=C(CCCS)c1cccs1. The van der Waals surface area contributed by atoms with Gasteiger partial charge in [-0.3, -0.25) is 4.79 Å². The van der Waals surface area contributed by atoms with E-state index in [0.29, 0.717) is 6.42 Å². The van der Waals surface area contributed by atoms with Crippen LogP contribution in [0, 0.1) is 0 Å². The fraction of sp³-hybridized carbons (Fsp3) is 0.375. The Hall–Kier alpha value is -0.280. The Balaban J connectivity index is 2.43. The van der Waals surface area contributed by atoms with Crippen LogP contribution >= 0.6 is 24.0 Å². The third-order valence-electron chi connectivity index (χ3n) is 1.36. The molecule has 1 aromatic heterocycles. The third kappa shape index (κ3) is 2.67. The summed E-state index contributed by atoms with van der Waals surface area (Å²) >= 11 is 5.55. The van der Waals surface area contributed by atoms with Gasteiger partial charge in [-0.25, -0.2) is 0 Å². The minimum Gasteiger partial charge on any atom is -0.293 e. The van der Waals surface area contributed by atoms with E-state index in [2.05, 4.69) is 12.6 Å². The van der Waals surface area contributed by atoms with Gasteiger partial charge in [0.15, 0.2) is 5.78 Å². The van der Waals surface area contributed by atoms with E-state index in [4.69, 9.17) is 0 Å². The van der Waals surface area contributed by atoms with Crippen molar-refractivity contribution in [2.45, 2.75) is 12.8 Å². The maximum atomic E-state index is 11.2. The van der Waals surface area contributed by atoms with Crippen LogP contribution in [0.5, 0.6) is 0 Å². The van der Waals surface area contributed by atoms with Gasteiger partial charge in [0.2, 0.25) is 0 Å². The lowest BCUT2D eigenvalue weighted by molar-refractivity contribution is 0.0986. The van der Waals surface area contributed by atoms with Crippen LogP contribution in [0.4, 0.5) is 0 Å². The van der Waals surface area contributed by atoms with Gasteiger partial charge < -0.3 is 0 Å². The number of carbonyl (C=O) groups is 1. The van der Waals surface area contributed by atoms with Crippen molar-refractivity contribution in [1.82, 2.24) is 0 Å². The molecule has 0 amide bonds. The van der Waals surface area contributed by atoms with Crippen LogP contribution in [-0.2, 0) is 0 Å². The van der Waals surface area contributed by atoms with Crippen molar-refractivity contribution in [3.05, 3.63) is 22.4 Å². The van der Waals surface area contributed by atoms with E-state index in [1.165, 1.54) is 11.3 Å². The van der Waals surface area contributed by atoms with Gasteiger partial charge in [0.05, 0.1) is 4.88 Å². The molecule has 0 bridgehead atoms. The number of Topliss-reactive ketones (excluding diaryl/α,β-unsaturated/α-hetero) is 1. The molecule has 60 valence electrons. The van der Waals surface area contributed by atoms with Gasteiger partial charge in [0, 0.05) is 6.42 Å². The molecule has 0 aliphatic carbocycles. The number of carbonyl (C=O) groups excluding carboxylic acids is 1. The van der Waals surface area contributed by atoms with Crippen LogP contribution in [0.15, 0.2) is 17.5 Å². The molecule has 0 spiro atoms. The highest BCUT2D eigenvalue weighted by Gasteiger charge is 2.04. The lowest BCUT2D eigenvalue weighted by Gasteiger charge is -1.93. The third-order valence-corrected chi connectivity index (χ3v) is 2.59. The smallest absolute Gasteiger partial charge is 0.172 e. The zero-order valence-electron chi connectivity index (χ0n) is 6.12. The molecule has 0 saturated heterocycles. The summed E-state index contributed by atoms with van der Waals surface area (Å²) in [5.74, 6) is 1.03. The Morgan fingerprint density at radius 3 is 3.00 bits per heavy atom. The minimum atomic E-state index is 0.244. The van der Waals surface area contributed by atoms with E-state index < -0.39 is 0 Å². The summed E-state index contributed by atoms with van der Waals surface area (Å²) in [5, 5.41) is 1.92. The van der Waals surface area contributed by atoms with E-state index >= 15 is 0 Å². The molecule has 0 atom stereocenters. The van der Waals surface area contributed by atoms with Crippen LogP contribution in [-0.4, -0.2) is 11.5 Å². The maximum absolute atomic E-state index is 11.2. The van der Waals surface area contributed by atoms with Crippen LogP contribution in [0.3, 0.4) is 0 Å². The topological polar surface area (TPSA) is 17.1 Å². The molecule has 0 radical (unpaired) electrons. The first-order valence-corrected chi connectivity index (χ1v) is 5.03. The van der Waals surface area contributed by atoms with E-state index in [-0.39, 0.29) is 5.78 Å². The second-order valence-corrected chi connectivity index (χ2v) is 3.62. The number of hydrogen-bond donors (Lipinski definition) is 1. The Morgan fingerprint density at radius 1 is 1.64 bits per heavy atom. The summed E-state index contributed by atoms with van der Waals surface area (Å²) in [5.41, 5.74) is 0. The number of thiol groups is 1. The van der Waals surface area contributed by atoms with Gasteiger partial charge in [-0.2, -0.15) is 12.6 Å². The monoisotopic (exact) mass is 186 g/mol. The molecule has 0 aliphatic rings. The van der Waals surface area contributed by atoms with E-state index in [1.54, 1.807) is 0 Å². The fourth-order valence-electron chi connectivity index (χ4n) is 0.800. The molecule has 0 saturated carbocycles. The molecule has 1 nitrogen and oxygen atoms in total. The summed E-state index contributed by atoms with van der Waals surface area (Å²) < 4.78 is 0. The van der Waals surface area contributed by atoms with Gasteiger partial charge in [0.25, 0.3) is 0 Å². The molecule has 0 aliphatic heterocycles. The Bertz CT molecular complexity index is 216. The first-order chi connectivity index (χ1) is 5.34. The van der Waals surface area contributed by atoms with Crippen molar-refractivity contribution in [1.29, 1.82) is 0 Å². The lowest BCUT2D eigenvalue weighted by atomic mass is 10.2. The van der Waals surface area contributed by atoms with Crippen molar-refractivity contribution in [2.75, 3.05) is 5.75 Å². The fourth-order valence-corrected chi connectivity index (χ4v) is 1.65. The van der Waals surface area contributed by atoms with Gasteiger partial charge in [-0.05, 0) is 23.6 Å². The van der Waals surface area contributed by atoms with Gasteiger partial charge in [-0.1, -0.05) is 6.07 Å². The predicted octanol–water partition coefficient (Wildman–Crippen LogP) is 2.64. The average molecular weight is 186 g/mol. The molecule has 1 heterocycles. The number of hydrogen-bond acceptors (Lipinski definition) is 3. The lowest BCUT2D eigenvalue weighted by Crippen LogP contribution is -1.95. The molecular weight excluding hydrogens is 176 g/mol. The zero-order valence-corrected chi connectivity index (χ0v) is 7.83. The largest absolute Gasteiger partial charge is 0.293 e. The van der Waals surface area contributed by atoms with Crippen molar-refractivity contribution in [3.8, 4) is 0 Å². The van der Waals surface area contributed by atoms with Crippen molar-refractivity contribution >= 4 is 29.7 Å². The molecule has 0 N–H and O–H groups in total. The highest BCUT2D eigenvalue weighted by molar-refractivity contribution is 7.80. The number of rotatable bonds is 4. The molecule has 1 rings (SSSR count). The van der Waals surface area contributed by atoms with Crippen LogP contribution in [0.1, 0.15) is 22.5 Å². The van der Waals surface area contributed by atoms with Crippen LogP contribution in [0.2, 0.25) is 0 Å². The maximum Gasteiger partial charge on any atom is 0.172 e. The average Bonchev–Trinajstić information content (AvgIpc) is 2.52. The van der Waals surface area contributed by atoms with Gasteiger partial charge in [0.1, 0.15) is 0 Å².